The molecule has 0 spiro atoms. The van der Waals surface area contributed by atoms with Crippen molar-refractivity contribution in [3.8, 4) is 0 Å². The third kappa shape index (κ3) is 2.63. The van der Waals surface area contributed by atoms with E-state index in [1.807, 2.05) is 60.7 Å². The fourth-order valence-electron chi connectivity index (χ4n) is 2.40. The van der Waals surface area contributed by atoms with E-state index in [-0.39, 0.29) is 5.97 Å². The Morgan fingerprint density at radius 2 is 1.76 bits per heavy atom. The van der Waals surface area contributed by atoms with Crippen molar-refractivity contribution in [2.24, 2.45) is 4.99 Å². The van der Waals surface area contributed by atoms with E-state index in [1.165, 1.54) is 7.11 Å². The zero-order chi connectivity index (χ0) is 14.7. The number of carbonyl (C=O) groups is 1. The van der Waals surface area contributed by atoms with Crippen LogP contribution in [0.2, 0.25) is 0 Å². The first-order chi connectivity index (χ1) is 10.3. The summed E-state index contributed by atoms with van der Waals surface area (Å²) in [4.78, 5) is 16.8. The summed E-state index contributed by atoms with van der Waals surface area (Å²) in [5.41, 5.74) is 4.20. The second-order valence-electron chi connectivity index (χ2n) is 4.78. The van der Waals surface area contributed by atoms with Gasteiger partial charge in [-0.05, 0) is 17.2 Å². The Kier molecular flexibility index (Phi) is 3.65. The highest BCUT2D eigenvalue weighted by molar-refractivity contribution is 6.29. The monoisotopic (exact) mass is 277 g/mol. The van der Waals surface area contributed by atoms with E-state index in [0.29, 0.717) is 17.8 Å². The fourth-order valence-corrected chi connectivity index (χ4v) is 2.40. The van der Waals surface area contributed by atoms with E-state index in [2.05, 4.69) is 4.99 Å². The molecule has 3 heteroatoms. The van der Waals surface area contributed by atoms with Crippen LogP contribution >= 0.6 is 0 Å². The minimum absolute atomic E-state index is 0.366. The molecule has 0 N–H and O–H groups in total. The summed E-state index contributed by atoms with van der Waals surface area (Å²) in [5, 5.41) is 0. The molecule has 2 aromatic rings. The first-order valence-electron chi connectivity index (χ1n) is 6.78. The Morgan fingerprint density at radius 1 is 1.05 bits per heavy atom. The number of methoxy groups -OCH3 is 1. The minimum Gasteiger partial charge on any atom is -0.465 e. The quantitative estimate of drug-likeness (QED) is 0.790. The van der Waals surface area contributed by atoms with Crippen LogP contribution in [0.25, 0.3) is 6.08 Å². The van der Waals surface area contributed by atoms with Crippen molar-refractivity contribution in [2.75, 3.05) is 7.11 Å². The first-order valence-corrected chi connectivity index (χ1v) is 6.78. The van der Waals surface area contributed by atoms with Crippen LogP contribution in [0.3, 0.4) is 0 Å². The van der Waals surface area contributed by atoms with Crippen LogP contribution in [0.5, 0.6) is 0 Å². The van der Waals surface area contributed by atoms with Gasteiger partial charge in [0, 0.05) is 5.56 Å². The van der Waals surface area contributed by atoms with Gasteiger partial charge in [0.05, 0.1) is 24.9 Å². The molecule has 0 bridgehead atoms. The van der Waals surface area contributed by atoms with E-state index in [9.17, 15) is 4.79 Å². The number of rotatable bonds is 2. The maximum atomic E-state index is 12.1. The van der Waals surface area contributed by atoms with Crippen LogP contribution in [0, 0.1) is 0 Å². The average molecular weight is 277 g/mol. The molecule has 104 valence electrons. The smallest absolute Gasteiger partial charge is 0.340 e. The largest absolute Gasteiger partial charge is 0.465 e. The summed E-state index contributed by atoms with van der Waals surface area (Å²) in [6.45, 7) is 0.553. The zero-order valence-corrected chi connectivity index (χ0v) is 11.7. The number of hydrogen-bond acceptors (Lipinski definition) is 3. The predicted molar refractivity (Wildman–Crippen MR) is 83.1 cm³/mol. The molecule has 1 aliphatic heterocycles. The number of ether oxygens (including phenoxy) is 1. The molecule has 0 saturated carbocycles. The third-order valence-corrected chi connectivity index (χ3v) is 3.47. The lowest BCUT2D eigenvalue weighted by molar-refractivity contribution is -0.135. The Hall–Kier alpha value is -2.68. The minimum atomic E-state index is -0.366. The van der Waals surface area contributed by atoms with Crippen molar-refractivity contribution in [2.45, 2.75) is 6.54 Å². The second kappa shape index (κ2) is 5.75. The van der Waals surface area contributed by atoms with Crippen molar-refractivity contribution < 1.29 is 9.53 Å². The summed E-state index contributed by atoms with van der Waals surface area (Å²) < 4.78 is 4.92. The molecule has 3 nitrogen and oxygen atoms in total. The molecule has 0 unspecified atom stereocenters. The molecule has 0 radical (unpaired) electrons. The van der Waals surface area contributed by atoms with Crippen molar-refractivity contribution in [1.29, 1.82) is 0 Å². The fraction of sp³-hybridized carbons (Fsp3) is 0.111. The van der Waals surface area contributed by atoms with E-state index >= 15 is 0 Å². The van der Waals surface area contributed by atoms with Crippen molar-refractivity contribution in [3.05, 3.63) is 76.9 Å². The predicted octanol–water partition coefficient (Wildman–Crippen LogP) is 3.25. The van der Waals surface area contributed by atoms with Gasteiger partial charge in [0.15, 0.2) is 0 Å². The number of fused-ring (bicyclic) bond motifs is 1. The van der Waals surface area contributed by atoms with Crippen molar-refractivity contribution >= 4 is 17.8 Å². The van der Waals surface area contributed by atoms with Gasteiger partial charge in [-0.1, -0.05) is 54.6 Å². The van der Waals surface area contributed by atoms with Crippen LogP contribution in [0.4, 0.5) is 0 Å². The number of carbonyl (C=O) groups excluding carboxylic acids is 1. The molecule has 0 aromatic heterocycles. The summed E-state index contributed by atoms with van der Waals surface area (Å²) in [7, 11) is 1.39. The van der Waals surface area contributed by atoms with Gasteiger partial charge >= 0.3 is 5.97 Å². The Morgan fingerprint density at radius 3 is 2.52 bits per heavy atom. The van der Waals surface area contributed by atoms with E-state index < -0.39 is 0 Å². The lowest BCUT2D eigenvalue weighted by Crippen LogP contribution is -2.15. The molecular weight excluding hydrogens is 262 g/mol. The van der Waals surface area contributed by atoms with Gasteiger partial charge in [-0.15, -0.1) is 0 Å². The zero-order valence-electron chi connectivity index (χ0n) is 11.7. The number of benzene rings is 2. The highest BCUT2D eigenvalue weighted by Gasteiger charge is 2.21. The first kappa shape index (κ1) is 13.3. The molecule has 2 aromatic carbocycles. The number of aliphatic imine (C=N–C) groups is 1. The van der Waals surface area contributed by atoms with Gasteiger partial charge in [-0.2, -0.15) is 0 Å². The van der Waals surface area contributed by atoms with Gasteiger partial charge in [-0.25, -0.2) is 4.79 Å². The van der Waals surface area contributed by atoms with Crippen LogP contribution < -0.4 is 0 Å². The topological polar surface area (TPSA) is 38.7 Å². The van der Waals surface area contributed by atoms with Crippen LogP contribution in [-0.4, -0.2) is 18.8 Å². The molecule has 1 heterocycles. The lowest BCUT2D eigenvalue weighted by atomic mass is 10.00. The molecule has 0 saturated heterocycles. The standard InChI is InChI=1S/C18H15NO2/c1-21-18(20)16-11-14-9-5-6-10-15(14)12-19-17(16)13-7-3-2-4-8-13/h2-11H,12H2,1H3. The van der Waals surface area contributed by atoms with Gasteiger partial charge in [0.25, 0.3) is 0 Å². The molecule has 21 heavy (non-hydrogen) atoms. The highest BCUT2D eigenvalue weighted by atomic mass is 16.5. The molecule has 3 rings (SSSR count). The maximum Gasteiger partial charge on any atom is 0.340 e. The third-order valence-electron chi connectivity index (χ3n) is 3.47. The van der Waals surface area contributed by atoms with Crippen molar-refractivity contribution in [1.82, 2.24) is 0 Å². The van der Waals surface area contributed by atoms with Gasteiger partial charge in [0.1, 0.15) is 0 Å². The molecule has 0 amide bonds. The van der Waals surface area contributed by atoms with Gasteiger partial charge < -0.3 is 4.74 Å². The number of nitrogens with zero attached hydrogens (tertiary/aromatic N) is 1. The molecule has 0 fully saturated rings. The summed E-state index contributed by atoms with van der Waals surface area (Å²) in [6.07, 6.45) is 1.86. The summed E-state index contributed by atoms with van der Waals surface area (Å²) >= 11 is 0. The average Bonchev–Trinajstić information content (AvgIpc) is 2.74. The van der Waals surface area contributed by atoms with E-state index in [4.69, 9.17) is 4.74 Å². The molecular formula is C18H15NO2. The second-order valence-corrected chi connectivity index (χ2v) is 4.78. The van der Waals surface area contributed by atoms with Crippen molar-refractivity contribution in [3.63, 3.8) is 0 Å². The molecule has 0 aliphatic carbocycles. The van der Waals surface area contributed by atoms with Gasteiger partial charge in [0.2, 0.25) is 0 Å². The van der Waals surface area contributed by atoms with E-state index in [0.717, 1.165) is 16.7 Å². The SMILES string of the molecule is COC(=O)C1=Cc2ccccc2CN=C1c1ccccc1. The normalized spacial score (nSPS) is 13.6. The van der Waals surface area contributed by atoms with E-state index in [1.54, 1.807) is 0 Å². The highest BCUT2D eigenvalue weighted by Crippen LogP contribution is 2.22. The maximum absolute atomic E-state index is 12.1. The Balaban J connectivity index is 2.16. The van der Waals surface area contributed by atoms with Crippen LogP contribution in [0.1, 0.15) is 16.7 Å². The van der Waals surface area contributed by atoms with Crippen LogP contribution in [-0.2, 0) is 16.1 Å². The number of hydrogen-bond donors (Lipinski definition) is 0. The Bertz CT molecular complexity index is 730. The molecule has 0 atom stereocenters. The summed E-state index contributed by atoms with van der Waals surface area (Å²) in [5.74, 6) is -0.366. The van der Waals surface area contributed by atoms with Gasteiger partial charge in [-0.3, -0.25) is 4.99 Å². The van der Waals surface area contributed by atoms with Crippen LogP contribution in [0.15, 0.2) is 65.2 Å². The lowest BCUT2D eigenvalue weighted by Gasteiger charge is -2.08. The number of esters is 1. The summed E-state index contributed by atoms with van der Waals surface area (Å²) in [6, 6.07) is 17.7. The molecule has 1 aliphatic rings. The Labute approximate surface area is 123 Å².